The van der Waals surface area contributed by atoms with Gasteiger partial charge in [-0.05, 0) is 6.92 Å². The third kappa shape index (κ3) is 2.48. The zero-order valence-electron chi connectivity index (χ0n) is 9.01. The van der Waals surface area contributed by atoms with Gasteiger partial charge in [0.2, 0.25) is 0 Å². The molecule has 16 heavy (non-hydrogen) atoms. The maximum Gasteiger partial charge on any atom is 0.150 e. The van der Waals surface area contributed by atoms with E-state index in [9.17, 15) is 0 Å². The fourth-order valence-corrected chi connectivity index (χ4v) is 2.41. The van der Waals surface area contributed by atoms with Crippen molar-refractivity contribution < 1.29 is 0 Å². The molecule has 0 atom stereocenters. The van der Waals surface area contributed by atoms with E-state index in [0.717, 1.165) is 16.5 Å². The summed E-state index contributed by atoms with van der Waals surface area (Å²) in [4.78, 5) is 14.4. The van der Waals surface area contributed by atoms with Gasteiger partial charge in [0.1, 0.15) is 16.4 Å². The summed E-state index contributed by atoms with van der Waals surface area (Å²) in [6.07, 6.45) is 3.08. The molecule has 0 amide bonds. The second-order valence-electron chi connectivity index (χ2n) is 3.43. The van der Waals surface area contributed by atoms with E-state index in [-0.39, 0.29) is 0 Å². The van der Waals surface area contributed by atoms with E-state index in [1.54, 1.807) is 17.5 Å². The minimum absolute atomic E-state index is 0.554. The van der Waals surface area contributed by atoms with Gasteiger partial charge in [-0.3, -0.25) is 0 Å². The number of rotatable bonds is 3. The highest BCUT2D eigenvalue weighted by atomic mass is 35.5. The molecule has 84 valence electrons. The second kappa shape index (κ2) is 4.76. The highest BCUT2D eigenvalue weighted by molar-refractivity contribution is 7.09. The van der Waals surface area contributed by atoms with Gasteiger partial charge in [-0.15, -0.1) is 11.3 Å². The molecule has 2 aromatic rings. The zero-order chi connectivity index (χ0) is 11.5. The van der Waals surface area contributed by atoms with Crippen molar-refractivity contribution in [2.45, 2.75) is 13.5 Å². The van der Waals surface area contributed by atoms with Crippen LogP contribution in [0.5, 0.6) is 0 Å². The summed E-state index contributed by atoms with van der Waals surface area (Å²) < 4.78 is 0. The summed E-state index contributed by atoms with van der Waals surface area (Å²) >= 11 is 7.65. The third-order valence-corrected chi connectivity index (χ3v) is 3.27. The van der Waals surface area contributed by atoms with E-state index >= 15 is 0 Å². The Morgan fingerprint density at radius 3 is 2.94 bits per heavy atom. The van der Waals surface area contributed by atoms with Crippen LogP contribution in [0.3, 0.4) is 0 Å². The molecule has 0 radical (unpaired) electrons. The molecule has 2 aromatic heterocycles. The Kier molecular flexibility index (Phi) is 3.36. The van der Waals surface area contributed by atoms with Crippen LogP contribution in [0.1, 0.15) is 10.7 Å². The molecule has 0 aromatic carbocycles. The van der Waals surface area contributed by atoms with Gasteiger partial charge in [-0.25, -0.2) is 15.0 Å². The second-order valence-corrected chi connectivity index (χ2v) is 4.78. The quantitative estimate of drug-likeness (QED) is 0.844. The van der Waals surface area contributed by atoms with Crippen LogP contribution in [0.15, 0.2) is 17.9 Å². The largest absolute Gasteiger partial charge is 0.352 e. The lowest BCUT2D eigenvalue weighted by Gasteiger charge is -2.17. The number of aryl methyl sites for hydroxylation is 1. The van der Waals surface area contributed by atoms with Gasteiger partial charge in [0.05, 0.1) is 12.7 Å². The Labute approximate surface area is 103 Å². The minimum atomic E-state index is 0.554. The van der Waals surface area contributed by atoms with Crippen molar-refractivity contribution >= 4 is 28.8 Å². The van der Waals surface area contributed by atoms with E-state index in [0.29, 0.717) is 11.6 Å². The molecule has 0 N–H and O–H groups in total. The average Bonchev–Trinajstić information content (AvgIpc) is 2.64. The van der Waals surface area contributed by atoms with Crippen LogP contribution in [0.25, 0.3) is 0 Å². The SMILES string of the molecule is Cc1csc(CN(C)c2ncncc2Cl)n1. The molecule has 0 saturated carbocycles. The van der Waals surface area contributed by atoms with Gasteiger partial charge in [0, 0.05) is 18.1 Å². The Morgan fingerprint density at radius 1 is 1.50 bits per heavy atom. The van der Waals surface area contributed by atoms with Crippen LogP contribution in [-0.4, -0.2) is 22.0 Å². The highest BCUT2D eigenvalue weighted by Gasteiger charge is 2.09. The summed E-state index contributed by atoms with van der Waals surface area (Å²) in [5, 5.41) is 3.64. The molecular formula is C10H11ClN4S. The molecule has 4 nitrogen and oxygen atoms in total. The van der Waals surface area contributed by atoms with E-state index < -0.39 is 0 Å². The third-order valence-electron chi connectivity index (χ3n) is 2.05. The Balaban J connectivity index is 2.14. The molecule has 0 aliphatic rings. The molecule has 0 fully saturated rings. The maximum absolute atomic E-state index is 6.01. The van der Waals surface area contributed by atoms with Crippen molar-refractivity contribution in [2.75, 3.05) is 11.9 Å². The Hall–Kier alpha value is -1.20. The highest BCUT2D eigenvalue weighted by Crippen LogP contribution is 2.22. The van der Waals surface area contributed by atoms with Gasteiger partial charge >= 0.3 is 0 Å². The maximum atomic E-state index is 6.01. The lowest BCUT2D eigenvalue weighted by molar-refractivity contribution is 0.878. The first-order valence-corrected chi connectivity index (χ1v) is 6.00. The van der Waals surface area contributed by atoms with Gasteiger partial charge in [-0.2, -0.15) is 0 Å². The molecule has 0 unspecified atom stereocenters. The standard InChI is InChI=1S/C10H11ClN4S/c1-7-5-16-9(14-7)4-15(2)10-8(11)3-12-6-13-10/h3,5-6H,4H2,1-2H3. The molecule has 0 aliphatic heterocycles. The van der Waals surface area contributed by atoms with Crippen LogP contribution in [0.4, 0.5) is 5.82 Å². The summed E-state index contributed by atoms with van der Waals surface area (Å²) in [5.74, 6) is 0.726. The van der Waals surface area contributed by atoms with E-state index in [1.165, 1.54) is 6.33 Å². The number of thiazole rings is 1. The van der Waals surface area contributed by atoms with Crippen molar-refractivity contribution in [3.8, 4) is 0 Å². The predicted molar refractivity (Wildman–Crippen MR) is 66.0 cm³/mol. The lowest BCUT2D eigenvalue weighted by Crippen LogP contribution is -2.18. The molecule has 2 heterocycles. The lowest BCUT2D eigenvalue weighted by atomic mass is 10.5. The minimum Gasteiger partial charge on any atom is -0.352 e. The van der Waals surface area contributed by atoms with Crippen molar-refractivity contribution in [2.24, 2.45) is 0 Å². The summed E-state index contributed by atoms with van der Waals surface area (Å²) in [6, 6.07) is 0. The van der Waals surface area contributed by atoms with Crippen LogP contribution in [0.2, 0.25) is 5.02 Å². The molecule has 6 heteroatoms. The number of halogens is 1. The summed E-state index contributed by atoms with van der Waals surface area (Å²) in [5.41, 5.74) is 1.04. The smallest absolute Gasteiger partial charge is 0.150 e. The van der Waals surface area contributed by atoms with Crippen LogP contribution >= 0.6 is 22.9 Å². The van der Waals surface area contributed by atoms with Crippen molar-refractivity contribution in [1.82, 2.24) is 15.0 Å². The fourth-order valence-electron chi connectivity index (χ4n) is 1.34. The fraction of sp³-hybridized carbons (Fsp3) is 0.300. The topological polar surface area (TPSA) is 41.9 Å². The Bertz CT molecular complexity index is 485. The average molecular weight is 255 g/mol. The van der Waals surface area contributed by atoms with E-state index in [2.05, 4.69) is 15.0 Å². The van der Waals surface area contributed by atoms with Gasteiger partial charge in [-0.1, -0.05) is 11.6 Å². The first-order chi connectivity index (χ1) is 7.66. The monoisotopic (exact) mass is 254 g/mol. The first kappa shape index (κ1) is 11.3. The van der Waals surface area contributed by atoms with Crippen molar-refractivity contribution in [3.05, 3.63) is 33.6 Å². The molecular weight excluding hydrogens is 244 g/mol. The van der Waals surface area contributed by atoms with Crippen LogP contribution < -0.4 is 4.90 Å². The van der Waals surface area contributed by atoms with Crippen molar-refractivity contribution in [1.29, 1.82) is 0 Å². The summed E-state index contributed by atoms with van der Waals surface area (Å²) in [7, 11) is 1.94. The first-order valence-electron chi connectivity index (χ1n) is 4.74. The molecule has 0 saturated heterocycles. The number of hydrogen-bond donors (Lipinski definition) is 0. The molecule has 0 bridgehead atoms. The van der Waals surface area contributed by atoms with Gasteiger partial charge in [0.15, 0.2) is 5.82 Å². The number of anilines is 1. The van der Waals surface area contributed by atoms with Crippen molar-refractivity contribution in [3.63, 3.8) is 0 Å². The predicted octanol–water partition coefficient (Wildman–Crippen LogP) is 2.53. The van der Waals surface area contributed by atoms with Crippen LogP contribution in [0, 0.1) is 6.92 Å². The van der Waals surface area contributed by atoms with E-state index in [4.69, 9.17) is 11.6 Å². The molecule has 0 aliphatic carbocycles. The van der Waals surface area contributed by atoms with Gasteiger partial charge < -0.3 is 4.90 Å². The summed E-state index contributed by atoms with van der Waals surface area (Å²) in [6.45, 7) is 2.69. The zero-order valence-corrected chi connectivity index (χ0v) is 10.6. The Morgan fingerprint density at radius 2 is 2.31 bits per heavy atom. The number of aromatic nitrogens is 3. The normalized spacial score (nSPS) is 10.4. The van der Waals surface area contributed by atoms with E-state index in [1.807, 2.05) is 24.3 Å². The van der Waals surface area contributed by atoms with Crippen LogP contribution in [-0.2, 0) is 6.54 Å². The molecule has 2 rings (SSSR count). The van der Waals surface area contributed by atoms with Gasteiger partial charge in [0.25, 0.3) is 0 Å². The number of nitrogens with zero attached hydrogens (tertiary/aromatic N) is 4. The number of hydrogen-bond acceptors (Lipinski definition) is 5. The molecule has 0 spiro atoms.